The fraction of sp³-hybridized carbons (Fsp3) is 0.364. The van der Waals surface area contributed by atoms with E-state index < -0.39 is 0 Å². The number of rotatable bonds is 0. The van der Waals surface area contributed by atoms with Gasteiger partial charge >= 0.3 is 0 Å². The summed E-state index contributed by atoms with van der Waals surface area (Å²) in [5, 5.41) is 0. The molecule has 14 heavy (non-hydrogen) atoms. The molecule has 3 nitrogen and oxygen atoms in total. The molecule has 1 heterocycles. The number of amides is 1. The molecule has 1 aromatic carbocycles. The van der Waals surface area contributed by atoms with Gasteiger partial charge in [-0.25, -0.2) is 0 Å². The molecule has 3 heteroatoms. The molecule has 0 unspecified atom stereocenters. The predicted octanol–water partition coefficient (Wildman–Crippen LogP) is 1.99. The van der Waals surface area contributed by atoms with Crippen LogP contribution >= 0.6 is 0 Å². The summed E-state index contributed by atoms with van der Waals surface area (Å²) in [6.07, 6.45) is 0. The van der Waals surface area contributed by atoms with Crippen LogP contribution in [-0.2, 0) is 4.79 Å². The number of anilines is 1. The molecule has 1 aliphatic heterocycles. The number of hydrogen-bond donors (Lipinski definition) is 0. The van der Waals surface area contributed by atoms with E-state index in [0.717, 1.165) is 17.0 Å². The number of aryl methyl sites for hydroxylation is 1. The zero-order valence-electron chi connectivity index (χ0n) is 7.70. The van der Waals surface area contributed by atoms with Gasteiger partial charge in [-0.05, 0) is 24.6 Å². The topological polar surface area (TPSA) is 29.5 Å². The van der Waals surface area contributed by atoms with Crippen LogP contribution in [0.25, 0.3) is 0 Å². The van der Waals surface area contributed by atoms with E-state index in [2.05, 4.69) is 0 Å². The summed E-state index contributed by atoms with van der Waals surface area (Å²) in [6.45, 7) is 2.14. The highest BCUT2D eigenvalue weighted by molar-refractivity contribution is 5.97. The highest BCUT2D eigenvalue weighted by Gasteiger charge is 2.21. The molecule has 76 valence electrons. The Balaban J connectivity index is 0.000000980. The van der Waals surface area contributed by atoms with Crippen molar-refractivity contribution in [3.05, 3.63) is 23.8 Å². The Bertz CT molecular complexity index is 360. The first kappa shape index (κ1) is 10.6. The van der Waals surface area contributed by atoms with Crippen molar-refractivity contribution < 1.29 is 9.53 Å². The second-order valence-electron chi connectivity index (χ2n) is 3.21. The lowest BCUT2D eigenvalue weighted by Gasteiger charge is -2.25. The summed E-state index contributed by atoms with van der Waals surface area (Å²) in [6, 6.07) is 5.82. The molecule has 0 saturated heterocycles. The Hall–Kier alpha value is -1.51. The van der Waals surface area contributed by atoms with E-state index in [1.165, 1.54) is 0 Å². The number of hydrogen-bond acceptors (Lipinski definition) is 2. The van der Waals surface area contributed by atoms with Crippen LogP contribution in [0.2, 0.25) is 0 Å². The van der Waals surface area contributed by atoms with Crippen LogP contribution in [0.5, 0.6) is 5.75 Å². The molecular formula is C11H15NO2. The number of fused-ring (bicyclic) bond motifs is 1. The van der Waals surface area contributed by atoms with Gasteiger partial charge in [0.2, 0.25) is 0 Å². The Morgan fingerprint density at radius 2 is 2.14 bits per heavy atom. The number of carbonyl (C=O) groups excluding carboxylic acids is 1. The maximum Gasteiger partial charge on any atom is 0.264 e. The molecule has 0 radical (unpaired) electrons. The van der Waals surface area contributed by atoms with E-state index in [9.17, 15) is 4.79 Å². The van der Waals surface area contributed by atoms with E-state index in [0.29, 0.717) is 0 Å². The van der Waals surface area contributed by atoms with Crippen LogP contribution in [0.15, 0.2) is 18.2 Å². The molecule has 0 aliphatic carbocycles. The second kappa shape index (κ2) is 3.70. The first-order valence-electron chi connectivity index (χ1n) is 4.18. The summed E-state index contributed by atoms with van der Waals surface area (Å²) >= 11 is 0. The first-order valence-corrected chi connectivity index (χ1v) is 4.18. The maximum atomic E-state index is 11.3. The predicted molar refractivity (Wildman–Crippen MR) is 56.8 cm³/mol. The van der Waals surface area contributed by atoms with Crippen molar-refractivity contribution in [3.63, 3.8) is 0 Å². The summed E-state index contributed by atoms with van der Waals surface area (Å²) in [4.78, 5) is 12.9. The van der Waals surface area contributed by atoms with Crippen LogP contribution in [0.3, 0.4) is 0 Å². The molecule has 0 saturated carbocycles. The van der Waals surface area contributed by atoms with Crippen LogP contribution in [0, 0.1) is 6.92 Å². The summed E-state index contributed by atoms with van der Waals surface area (Å²) in [5.74, 6) is 0.783. The number of benzene rings is 1. The van der Waals surface area contributed by atoms with Crippen molar-refractivity contribution >= 4 is 11.6 Å². The normalized spacial score (nSPS) is 14.1. The average molecular weight is 193 g/mol. The molecule has 0 bridgehead atoms. The molecule has 0 spiro atoms. The maximum absolute atomic E-state index is 11.3. The van der Waals surface area contributed by atoms with Gasteiger partial charge in [0.05, 0.1) is 5.69 Å². The molecule has 0 atom stereocenters. The molecular weight excluding hydrogens is 178 g/mol. The highest BCUT2D eigenvalue weighted by atomic mass is 16.5. The van der Waals surface area contributed by atoms with Crippen LogP contribution in [0.4, 0.5) is 5.69 Å². The average Bonchev–Trinajstić information content (AvgIpc) is 2.12. The van der Waals surface area contributed by atoms with Gasteiger partial charge < -0.3 is 9.64 Å². The number of carbonyl (C=O) groups is 1. The lowest BCUT2D eigenvalue weighted by atomic mass is 10.2. The van der Waals surface area contributed by atoms with E-state index in [-0.39, 0.29) is 19.9 Å². The van der Waals surface area contributed by atoms with Gasteiger partial charge in [-0.15, -0.1) is 0 Å². The minimum absolute atomic E-state index is 0. The SMILES string of the molecule is C.Cc1ccc2c(c1)N(C)C(=O)CO2. The standard InChI is InChI=1S/C10H11NO2.CH4/c1-7-3-4-9-8(5-7)11(2)10(12)6-13-9;/h3-5H,6H2,1-2H3;1H4. The number of nitrogens with zero attached hydrogens (tertiary/aromatic N) is 1. The summed E-state index contributed by atoms with van der Waals surface area (Å²) < 4.78 is 5.27. The Morgan fingerprint density at radius 3 is 2.86 bits per heavy atom. The third-order valence-corrected chi connectivity index (χ3v) is 2.20. The first-order chi connectivity index (χ1) is 6.18. The largest absolute Gasteiger partial charge is 0.482 e. The van der Waals surface area contributed by atoms with Gasteiger partial charge in [0.25, 0.3) is 5.91 Å². The third kappa shape index (κ3) is 1.58. The van der Waals surface area contributed by atoms with Gasteiger partial charge in [0.1, 0.15) is 5.75 Å². The number of ether oxygens (including phenoxy) is 1. The molecule has 1 aliphatic rings. The van der Waals surface area contributed by atoms with Gasteiger partial charge in [-0.3, -0.25) is 4.79 Å². The summed E-state index contributed by atoms with van der Waals surface area (Å²) in [7, 11) is 1.77. The van der Waals surface area contributed by atoms with Crippen molar-refractivity contribution in [3.8, 4) is 5.75 Å². The van der Waals surface area contributed by atoms with Crippen molar-refractivity contribution in [2.75, 3.05) is 18.6 Å². The van der Waals surface area contributed by atoms with Gasteiger partial charge in [0, 0.05) is 7.05 Å². The van der Waals surface area contributed by atoms with Crippen molar-refractivity contribution in [1.82, 2.24) is 0 Å². The molecule has 0 N–H and O–H groups in total. The molecule has 0 fully saturated rings. The molecule has 2 rings (SSSR count). The van der Waals surface area contributed by atoms with E-state index >= 15 is 0 Å². The van der Waals surface area contributed by atoms with Crippen molar-refractivity contribution in [1.29, 1.82) is 0 Å². The van der Waals surface area contributed by atoms with Crippen LogP contribution in [-0.4, -0.2) is 19.6 Å². The van der Waals surface area contributed by atoms with Crippen LogP contribution < -0.4 is 9.64 Å². The third-order valence-electron chi connectivity index (χ3n) is 2.20. The lowest BCUT2D eigenvalue weighted by molar-refractivity contribution is -0.120. The van der Waals surface area contributed by atoms with E-state index in [1.807, 2.05) is 25.1 Å². The molecule has 1 amide bonds. The Morgan fingerprint density at radius 1 is 1.43 bits per heavy atom. The number of likely N-dealkylation sites (N-methyl/N-ethyl adjacent to an activating group) is 1. The fourth-order valence-electron chi connectivity index (χ4n) is 1.38. The van der Waals surface area contributed by atoms with E-state index in [4.69, 9.17) is 4.74 Å². The van der Waals surface area contributed by atoms with Crippen molar-refractivity contribution in [2.24, 2.45) is 0 Å². The van der Waals surface area contributed by atoms with Gasteiger partial charge in [-0.2, -0.15) is 0 Å². The van der Waals surface area contributed by atoms with Crippen molar-refractivity contribution in [2.45, 2.75) is 14.4 Å². The zero-order chi connectivity index (χ0) is 9.42. The lowest BCUT2D eigenvalue weighted by Crippen LogP contribution is -2.35. The fourth-order valence-corrected chi connectivity index (χ4v) is 1.38. The Kier molecular flexibility index (Phi) is 2.79. The van der Waals surface area contributed by atoms with Gasteiger partial charge in [0.15, 0.2) is 6.61 Å². The zero-order valence-corrected chi connectivity index (χ0v) is 7.70. The minimum atomic E-state index is -0.00176. The monoisotopic (exact) mass is 193 g/mol. The smallest absolute Gasteiger partial charge is 0.264 e. The highest BCUT2D eigenvalue weighted by Crippen LogP contribution is 2.31. The molecule has 0 aromatic heterocycles. The quantitative estimate of drug-likeness (QED) is 0.630. The van der Waals surface area contributed by atoms with Crippen LogP contribution in [0.1, 0.15) is 13.0 Å². The summed E-state index contributed by atoms with van der Waals surface area (Å²) in [5.41, 5.74) is 1.99. The Labute approximate surface area is 84.3 Å². The van der Waals surface area contributed by atoms with E-state index in [1.54, 1.807) is 11.9 Å². The molecule has 1 aromatic rings. The van der Waals surface area contributed by atoms with Gasteiger partial charge in [-0.1, -0.05) is 13.5 Å². The minimum Gasteiger partial charge on any atom is -0.482 e. The second-order valence-corrected chi connectivity index (χ2v) is 3.21.